The van der Waals surface area contributed by atoms with Gasteiger partial charge in [0.15, 0.2) is 0 Å². The Morgan fingerprint density at radius 3 is 2.91 bits per heavy atom. The fraction of sp³-hybridized carbons (Fsp3) is 0.875. The van der Waals surface area contributed by atoms with E-state index >= 15 is 0 Å². The van der Waals surface area contributed by atoms with Crippen molar-refractivity contribution in [2.45, 2.75) is 38.3 Å². The van der Waals surface area contributed by atoms with Gasteiger partial charge in [0, 0.05) is 18.5 Å². The number of rotatable bonds is 1. The van der Waals surface area contributed by atoms with E-state index in [0.29, 0.717) is 18.5 Å². The van der Waals surface area contributed by atoms with Gasteiger partial charge in [0.25, 0.3) is 0 Å². The Balaban J connectivity index is 2.46. The number of amides is 1. The van der Waals surface area contributed by atoms with E-state index in [1.807, 2.05) is 7.05 Å². The molecule has 0 saturated carbocycles. The third-order valence-corrected chi connectivity index (χ3v) is 2.20. The molecule has 0 aromatic carbocycles. The van der Waals surface area contributed by atoms with Crippen LogP contribution in [0.2, 0.25) is 0 Å². The molecule has 2 N–H and O–H groups in total. The summed E-state index contributed by atoms with van der Waals surface area (Å²) in [5.41, 5.74) is 0. The van der Waals surface area contributed by atoms with Gasteiger partial charge in [-0.2, -0.15) is 0 Å². The lowest BCUT2D eigenvalue weighted by molar-refractivity contribution is -0.121. The fourth-order valence-corrected chi connectivity index (χ4v) is 1.43. The zero-order valence-electron chi connectivity index (χ0n) is 7.18. The van der Waals surface area contributed by atoms with Gasteiger partial charge in [-0.05, 0) is 26.8 Å². The molecule has 3 heteroatoms. The molecule has 0 radical (unpaired) electrons. The summed E-state index contributed by atoms with van der Waals surface area (Å²) in [6.07, 6.45) is 2.80. The molecule has 64 valence electrons. The van der Waals surface area contributed by atoms with Gasteiger partial charge in [-0.1, -0.05) is 0 Å². The molecule has 0 aliphatic carbocycles. The van der Waals surface area contributed by atoms with Crippen molar-refractivity contribution in [3.63, 3.8) is 0 Å². The molecule has 2 unspecified atom stereocenters. The molecule has 1 fully saturated rings. The molecule has 0 aromatic heterocycles. The van der Waals surface area contributed by atoms with Crippen molar-refractivity contribution in [3.8, 4) is 0 Å². The molecule has 0 aromatic rings. The molecule has 3 nitrogen and oxygen atoms in total. The molecule has 1 heterocycles. The van der Waals surface area contributed by atoms with Crippen molar-refractivity contribution in [2.75, 3.05) is 7.05 Å². The zero-order chi connectivity index (χ0) is 8.27. The molecule has 1 aliphatic rings. The average Bonchev–Trinajstić information content (AvgIpc) is 2.11. The number of hydrogen-bond donors (Lipinski definition) is 2. The van der Waals surface area contributed by atoms with Crippen LogP contribution in [0.25, 0.3) is 0 Å². The topological polar surface area (TPSA) is 41.1 Å². The third-order valence-electron chi connectivity index (χ3n) is 2.20. The van der Waals surface area contributed by atoms with Gasteiger partial charge < -0.3 is 10.6 Å². The van der Waals surface area contributed by atoms with Crippen LogP contribution in [0.1, 0.15) is 26.2 Å². The molecule has 1 amide bonds. The Hall–Kier alpha value is -0.570. The summed E-state index contributed by atoms with van der Waals surface area (Å²) >= 11 is 0. The smallest absolute Gasteiger partial charge is 0.221 e. The molecule has 1 saturated heterocycles. The van der Waals surface area contributed by atoms with Crippen molar-refractivity contribution in [1.82, 2.24) is 10.6 Å². The monoisotopic (exact) mass is 156 g/mol. The molecule has 1 rings (SSSR count). The van der Waals surface area contributed by atoms with E-state index in [1.54, 1.807) is 0 Å². The van der Waals surface area contributed by atoms with Gasteiger partial charge in [-0.3, -0.25) is 4.79 Å². The van der Waals surface area contributed by atoms with E-state index in [4.69, 9.17) is 0 Å². The number of nitrogens with one attached hydrogen (secondary N) is 2. The van der Waals surface area contributed by atoms with Crippen LogP contribution in [0, 0.1) is 0 Å². The first-order valence-corrected chi connectivity index (χ1v) is 4.19. The maximum absolute atomic E-state index is 11.1. The Morgan fingerprint density at radius 1 is 1.55 bits per heavy atom. The number of carbonyl (C=O) groups is 1. The zero-order valence-corrected chi connectivity index (χ0v) is 7.18. The second-order valence-electron chi connectivity index (χ2n) is 3.24. The first kappa shape index (κ1) is 8.53. The SMILES string of the molecule is CNC1CCC(C)NC(=O)C1. The standard InChI is InChI=1S/C8H16N2O/c1-6-3-4-7(9-2)5-8(11)10-6/h6-7,9H,3-5H2,1-2H3,(H,10,11). The second-order valence-corrected chi connectivity index (χ2v) is 3.24. The summed E-state index contributed by atoms with van der Waals surface area (Å²) in [4.78, 5) is 11.1. The predicted octanol–water partition coefficient (Wildman–Crippen LogP) is 0.263. The van der Waals surface area contributed by atoms with Crippen molar-refractivity contribution in [3.05, 3.63) is 0 Å². The van der Waals surface area contributed by atoms with Crippen LogP contribution in [0.3, 0.4) is 0 Å². The van der Waals surface area contributed by atoms with Crippen LogP contribution in [0.15, 0.2) is 0 Å². The number of carbonyl (C=O) groups excluding carboxylic acids is 1. The van der Waals surface area contributed by atoms with Gasteiger partial charge >= 0.3 is 0 Å². The lowest BCUT2D eigenvalue weighted by Gasteiger charge is -2.09. The maximum Gasteiger partial charge on any atom is 0.221 e. The molecule has 11 heavy (non-hydrogen) atoms. The minimum absolute atomic E-state index is 0.175. The average molecular weight is 156 g/mol. The molecule has 2 atom stereocenters. The van der Waals surface area contributed by atoms with Gasteiger partial charge in [0.1, 0.15) is 0 Å². The van der Waals surface area contributed by atoms with Crippen LogP contribution in [-0.4, -0.2) is 25.0 Å². The largest absolute Gasteiger partial charge is 0.354 e. The van der Waals surface area contributed by atoms with Crippen molar-refractivity contribution < 1.29 is 4.79 Å². The highest BCUT2D eigenvalue weighted by Crippen LogP contribution is 2.09. The summed E-state index contributed by atoms with van der Waals surface area (Å²) in [6.45, 7) is 2.05. The minimum atomic E-state index is 0.175. The van der Waals surface area contributed by atoms with Gasteiger partial charge in [-0.25, -0.2) is 0 Å². The predicted molar refractivity (Wildman–Crippen MR) is 44.3 cm³/mol. The van der Waals surface area contributed by atoms with E-state index in [0.717, 1.165) is 12.8 Å². The second kappa shape index (κ2) is 3.72. The van der Waals surface area contributed by atoms with E-state index in [9.17, 15) is 4.79 Å². The van der Waals surface area contributed by atoms with E-state index in [2.05, 4.69) is 17.6 Å². The highest BCUT2D eigenvalue weighted by molar-refractivity contribution is 5.77. The highest BCUT2D eigenvalue weighted by Gasteiger charge is 2.18. The summed E-state index contributed by atoms with van der Waals surface area (Å²) < 4.78 is 0. The van der Waals surface area contributed by atoms with Crippen molar-refractivity contribution in [2.24, 2.45) is 0 Å². The maximum atomic E-state index is 11.1. The quantitative estimate of drug-likeness (QED) is 0.572. The van der Waals surface area contributed by atoms with Crippen molar-refractivity contribution in [1.29, 1.82) is 0 Å². The molecular weight excluding hydrogens is 140 g/mol. The Kier molecular flexibility index (Phi) is 2.88. The van der Waals surface area contributed by atoms with Gasteiger partial charge in [0.05, 0.1) is 0 Å². The van der Waals surface area contributed by atoms with Crippen LogP contribution in [0.5, 0.6) is 0 Å². The van der Waals surface area contributed by atoms with Crippen molar-refractivity contribution >= 4 is 5.91 Å². The van der Waals surface area contributed by atoms with E-state index < -0.39 is 0 Å². The Bertz CT molecular complexity index is 147. The lowest BCUT2D eigenvalue weighted by Crippen LogP contribution is -2.32. The molecule has 0 spiro atoms. The highest BCUT2D eigenvalue weighted by atomic mass is 16.1. The van der Waals surface area contributed by atoms with Gasteiger partial charge in [-0.15, -0.1) is 0 Å². The van der Waals surface area contributed by atoms with E-state index in [1.165, 1.54) is 0 Å². The fourth-order valence-electron chi connectivity index (χ4n) is 1.43. The summed E-state index contributed by atoms with van der Waals surface area (Å²) in [5.74, 6) is 0.175. The van der Waals surface area contributed by atoms with Gasteiger partial charge in [0.2, 0.25) is 5.91 Å². The summed E-state index contributed by atoms with van der Waals surface area (Å²) in [6, 6.07) is 0.723. The van der Waals surface area contributed by atoms with Crippen LogP contribution in [-0.2, 0) is 4.79 Å². The van der Waals surface area contributed by atoms with Crippen LogP contribution < -0.4 is 10.6 Å². The Morgan fingerprint density at radius 2 is 2.27 bits per heavy atom. The first-order valence-electron chi connectivity index (χ1n) is 4.19. The normalized spacial score (nSPS) is 32.7. The minimum Gasteiger partial charge on any atom is -0.354 e. The Labute approximate surface area is 67.5 Å². The van der Waals surface area contributed by atoms with Crippen LogP contribution in [0.4, 0.5) is 0 Å². The summed E-state index contributed by atoms with van der Waals surface area (Å²) in [7, 11) is 1.91. The van der Waals surface area contributed by atoms with E-state index in [-0.39, 0.29) is 5.91 Å². The molecule has 1 aliphatic heterocycles. The molecule has 0 bridgehead atoms. The third kappa shape index (κ3) is 2.50. The van der Waals surface area contributed by atoms with Crippen LogP contribution >= 0.6 is 0 Å². The first-order chi connectivity index (χ1) is 5.22. The lowest BCUT2D eigenvalue weighted by atomic mass is 10.1. The summed E-state index contributed by atoms with van der Waals surface area (Å²) in [5, 5.41) is 6.06. The number of hydrogen-bond acceptors (Lipinski definition) is 2. The molecular formula is C8H16N2O.